The van der Waals surface area contributed by atoms with Crippen LogP contribution < -0.4 is 5.32 Å². The summed E-state index contributed by atoms with van der Waals surface area (Å²) in [6.07, 6.45) is 1.63. The molecule has 0 bridgehead atoms. The smallest absolute Gasteiger partial charge is 0.317 e. The molecule has 1 fully saturated rings. The van der Waals surface area contributed by atoms with E-state index >= 15 is 0 Å². The molecule has 1 rings (SSSR count). The molecule has 0 aromatic rings. The molecule has 21 heavy (non-hydrogen) atoms. The number of carbonyl (C=O) groups excluding carboxylic acids is 1. The maximum Gasteiger partial charge on any atom is 0.317 e. The fraction of sp³-hybridized carbons (Fsp3) is 0.833. The Hall–Kier alpha value is -0.960. The summed E-state index contributed by atoms with van der Waals surface area (Å²) in [5.41, 5.74) is 0. The third-order valence-electron chi connectivity index (χ3n) is 3.25. The quantitative estimate of drug-likeness (QED) is 0.720. The van der Waals surface area contributed by atoms with Crippen molar-refractivity contribution in [2.45, 2.75) is 19.4 Å². The third kappa shape index (κ3) is 6.13. The minimum Gasteiger partial charge on any atom is -0.481 e. The molecule has 2 unspecified atom stereocenters. The Labute approximate surface area is 129 Å². The highest BCUT2D eigenvalue weighted by atomic mass is 32.2. The van der Waals surface area contributed by atoms with Gasteiger partial charge in [-0.15, -0.1) is 0 Å². The predicted molar refractivity (Wildman–Crippen MR) is 82.3 cm³/mol. The molecule has 0 aliphatic carbocycles. The summed E-state index contributed by atoms with van der Waals surface area (Å²) in [6, 6.07) is -1.18. The van der Waals surface area contributed by atoms with Crippen molar-refractivity contribution in [3.8, 4) is 0 Å². The first-order valence-corrected chi connectivity index (χ1v) is 9.92. The number of carboxylic acids is 1. The number of aliphatic carboxylic acids is 1. The van der Waals surface area contributed by atoms with Crippen molar-refractivity contribution < 1.29 is 23.1 Å². The number of nitrogens with zero attached hydrogens (tertiary/aromatic N) is 1. The molecule has 0 radical (unpaired) electrons. The van der Waals surface area contributed by atoms with Crippen molar-refractivity contribution in [3.05, 3.63) is 0 Å². The monoisotopic (exact) mass is 338 g/mol. The van der Waals surface area contributed by atoms with Gasteiger partial charge in [0.05, 0.1) is 24.0 Å². The van der Waals surface area contributed by atoms with Gasteiger partial charge in [-0.3, -0.25) is 4.79 Å². The summed E-state index contributed by atoms with van der Waals surface area (Å²) in [6.45, 7) is 2.54. The summed E-state index contributed by atoms with van der Waals surface area (Å²) in [5, 5.41) is 11.6. The average molecular weight is 338 g/mol. The van der Waals surface area contributed by atoms with Crippen LogP contribution in [-0.4, -0.2) is 73.1 Å². The van der Waals surface area contributed by atoms with E-state index in [4.69, 9.17) is 5.11 Å². The zero-order valence-corrected chi connectivity index (χ0v) is 13.9. The number of rotatable bonds is 6. The first-order chi connectivity index (χ1) is 9.75. The largest absolute Gasteiger partial charge is 0.481 e. The van der Waals surface area contributed by atoms with Gasteiger partial charge in [0.15, 0.2) is 9.84 Å². The van der Waals surface area contributed by atoms with Gasteiger partial charge in [0.25, 0.3) is 0 Å². The molecule has 1 heterocycles. The van der Waals surface area contributed by atoms with E-state index in [1.165, 1.54) is 4.90 Å². The van der Waals surface area contributed by atoms with Crippen LogP contribution in [0.3, 0.4) is 0 Å². The molecule has 1 aliphatic heterocycles. The van der Waals surface area contributed by atoms with Gasteiger partial charge < -0.3 is 15.3 Å². The number of carbonyl (C=O) groups is 2. The lowest BCUT2D eigenvalue weighted by atomic mass is 10.2. The van der Waals surface area contributed by atoms with E-state index in [2.05, 4.69) is 5.32 Å². The minimum atomic E-state index is -3.27. The summed E-state index contributed by atoms with van der Waals surface area (Å²) < 4.78 is 23.2. The second-order valence-electron chi connectivity index (χ2n) is 5.31. The fourth-order valence-electron chi connectivity index (χ4n) is 2.23. The second kappa shape index (κ2) is 7.88. The highest BCUT2D eigenvalue weighted by molar-refractivity contribution is 7.98. The zero-order valence-electron chi connectivity index (χ0n) is 12.2. The molecule has 0 aromatic carbocycles. The van der Waals surface area contributed by atoms with Gasteiger partial charge in [0.2, 0.25) is 0 Å². The second-order valence-corrected chi connectivity index (χ2v) is 8.45. The van der Waals surface area contributed by atoms with Crippen LogP contribution in [0.2, 0.25) is 0 Å². The number of sulfone groups is 1. The van der Waals surface area contributed by atoms with E-state index in [0.717, 1.165) is 5.75 Å². The highest BCUT2D eigenvalue weighted by Crippen LogP contribution is 2.15. The zero-order chi connectivity index (χ0) is 16.0. The number of hydrogen-bond donors (Lipinski definition) is 2. The Morgan fingerprint density at radius 3 is 2.71 bits per heavy atom. The van der Waals surface area contributed by atoms with Crippen LogP contribution in [0, 0.1) is 5.92 Å². The number of thioether (sulfide) groups is 1. The van der Waals surface area contributed by atoms with Gasteiger partial charge in [-0.1, -0.05) is 6.92 Å². The molecule has 0 aromatic heterocycles. The molecule has 122 valence electrons. The molecule has 2 atom stereocenters. The van der Waals surface area contributed by atoms with Gasteiger partial charge in [-0.05, 0) is 17.9 Å². The van der Waals surface area contributed by atoms with Crippen LogP contribution in [0.5, 0.6) is 0 Å². The minimum absolute atomic E-state index is 0.0447. The number of carboxylic acid groups (broad SMARTS) is 1. The lowest BCUT2D eigenvalue weighted by Crippen LogP contribution is -2.55. The lowest BCUT2D eigenvalue weighted by molar-refractivity contribution is -0.138. The first kappa shape index (κ1) is 18.1. The summed E-state index contributed by atoms with van der Waals surface area (Å²) in [7, 11) is -3.27. The maximum absolute atomic E-state index is 12.1. The van der Waals surface area contributed by atoms with Crippen LogP contribution in [0.4, 0.5) is 4.79 Å². The molecule has 9 heteroatoms. The van der Waals surface area contributed by atoms with Gasteiger partial charge in [0, 0.05) is 13.1 Å². The molecular weight excluding hydrogens is 316 g/mol. The molecule has 7 nitrogen and oxygen atoms in total. The van der Waals surface area contributed by atoms with Crippen LogP contribution in [0.1, 0.15) is 13.3 Å². The Morgan fingerprint density at radius 1 is 1.48 bits per heavy atom. The van der Waals surface area contributed by atoms with Crippen molar-refractivity contribution in [2.24, 2.45) is 5.92 Å². The van der Waals surface area contributed by atoms with Gasteiger partial charge >= 0.3 is 12.0 Å². The fourth-order valence-corrected chi connectivity index (χ4v) is 4.44. The topological polar surface area (TPSA) is 104 Å². The van der Waals surface area contributed by atoms with Crippen LogP contribution in [0.15, 0.2) is 0 Å². The summed E-state index contributed by atoms with van der Waals surface area (Å²) >= 11 is 1.68. The standard InChI is InChI=1S/C12H22N2O5S2/c1-9(7-20-2)6-13-12(17)14-3-4-21(18,19)8-10(14)5-11(15)16/h9-10H,3-8H2,1-2H3,(H,13,17)(H,15,16). The van der Waals surface area contributed by atoms with Crippen LogP contribution >= 0.6 is 11.8 Å². The number of hydrogen-bond acceptors (Lipinski definition) is 5. The van der Waals surface area contributed by atoms with Gasteiger partial charge in [-0.2, -0.15) is 11.8 Å². The van der Waals surface area contributed by atoms with Crippen LogP contribution in [0.25, 0.3) is 0 Å². The number of nitrogens with one attached hydrogen (secondary N) is 1. The van der Waals surface area contributed by atoms with Crippen LogP contribution in [-0.2, 0) is 14.6 Å². The number of urea groups is 1. The lowest BCUT2D eigenvalue weighted by Gasteiger charge is -2.34. The Kier molecular flexibility index (Phi) is 6.79. The van der Waals surface area contributed by atoms with E-state index in [-0.39, 0.29) is 30.5 Å². The van der Waals surface area contributed by atoms with Crippen molar-refractivity contribution in [2.75, 3.05) is 36.6 Å². The van der Waals surface area contributed by atoms with Gasteiger partial charge in [0.1, 0.15) is 0 Å². The third-order valence-corrected chi connectivity index (χ3v) is 5.85. The van der Waals surface area contributed by atoms with E-state index in [9.17, 15) is 18.0 Å². The van der Waals surface area contributed by atoms with E-state index in [0.29, 0.717) is 12.5 Å². The molecule has 1 aliphatic rings. The Morgan fingerprint density at radius 2 is 2.14 bits per heavy atom. The first-order valence-electron chi connectivity index (χ1n) is 6.70. The predicted octanol–water partition coefficient (Wildman–Crippen LogP) is 0.269. The van der Waals surface area contributed by atoms with Gasteiger partial charge in [-0.25, -0.2) is 13.2 Å². The number of amides is 2. The summed E-state index contributed by atoms with van der Waals surface area (Å²) in [5.74, 6) is -0.293. The van der Waals surface area contributed by atoms with E-state index in [1.54, 1.807) is 11.8 Å². The SMILES string of the molecule is CSCC(C)CNC(=O)N1CCS(=O)(=O)CC1CC(=O)O. The average Bonchev–Trinajstić information content (AvgIpc) is 2.34. The molecular formula is C12H22N2O5S2. The highest BCUT2D eigenvalue weighted by Gasteiger charge is 2.35. The van der Waals surface area contributed by atoms with Crippen molar-refractivity contribution in [1.82, 2.24) is 10.2 Å². The molecule has 0 saturated carbocycles. The van der Waals surface area contributed by atoms with Crippen molar-refractivity contribution in [3.63, 3.8) is 0 Å². The van der Waals surface area contributed by atoms with Crippen molar-refractivity contribution in [1.29, 1.82) is 0 Å². The molecule has 0 spiro atoms. The maximum atomic E-state index is 12.1. The molecule has 2 amide bonds. The normalized spacial score (nSPS) is 22.6. The Bertz CT molecular complexity index is 480. The summed E-state index contributed by atoms with van der Waals surface area (Å²) in [4.78, 5) is 24.3. The van der Waals surface area contributed by atoms with Crippen molar-refractivity contribution >= 4 is 33.6 Å². The van der Waals surface area contributed by atoms with E-state index < -0.39 is 21.8 Å². The van der Waals surface area contributed by atoms with E-state index in [1.807, 2.05) is 13.2 Å². The molecule has 1 saturated heterocycles. The molecule has 2 N–H and O–H groups in total. The Balaban J connectivity index is 2.64.